The summed E-state index contributed by atoms with van der Waals surface area (Å²) < 4.78 is 0. The molecule has 0 aliphatic heterocycles. The minimum absolute atomic E-state index is 0.00347. The maximum Gasteiger partial charge on any atom is 0.305 e. The lowest BCUT2D eigenvalue weighted by Gasteiger charge is -2.37. The number of nitrogens with two attached hydrogens (primary N) is 1. The molecule has 0 aromatic carbocycles. The van der Waals surface area contributed by atoms with Crippen LogP contribution in [0, 0.1) is 5.41 Å². The summed E-state index contributed by atoms with van der Waals surface area (Å²) in [5.74, 6) is -0.877. The molecule has 0 aromatic heterocycles. The number of aliphatic carboxylic acids is 1. The van der Waals surface area contributed by atoms with Crippen molar-refractivity contribution in [2.75, 3.05) is 6.54 Å². The lowest BCUT2D eigenvalue weighted by Crippen LogP contribution is -2.52. The average Bonchev–Trinajstić information content (AvgIpc) is 2.60. The topological polar surface area (TPSA) is 83.6 Å². The molecule has 0 saturated heterocycles. The SMILES string of the molecule is CCN(C(=O)C1(C)CCCC1N)C(C)CC(=O)O. The number of amides is 1. The quantitative estimate of drug-likeness (QED) is 0.774. The van der Waals surface area contributed by atoms with Crippen LogP contribution in [0.25, 0.3) is 0 Å². The fourth-order valence-corrected chi connectivity index (χ4v) is 2.81. The molecule has 1 saturated carbocycles. The summed E-state index contributed by atoms with van der Waals surface area (Å²) in [5, 5.41) is 8.83. The van der Waals surface area contributed by atoms with Crippen LogP contribution < -0.4 is 5.73 Å². The predicted molar refractivity (Wildman–Crippen MR) is 69.0 cm³/mol. The minimum Gasteiger partial charge on any atom is -0.481 e. The lowest BCUT2D eigenvalue weighted by molar-refractivity contribution is -0.146. The number of rotatable bonds is 5. The molecule has 1 aliphatic rings. The second kappa shape index (κ2) is 5.69. The van der Waals surface area contributed by atoms with E-state index < -0.39 is 11.4 Å². The molecule has 1 fully saturated rings. The maximum absolute atomic E-state index is 12.6. The summed E-state index contributed by atoms with van der Waals surface area (Å²) in [6.07, 6.45) is 2.61. The van der Waals surface area contributed by atoms with Crippen LogP contribution in [0.4, 0.5) is 0 Å². The van der Waals surface area contributed by atoms with Crippen LogP contribution in [0.15, 0.2) is 0 Å². The highest BCUT2D eigenvalue weighted by molar-refractivity contribution is 5.84. The van der Waals surface area contributed by atoms with E-state index in [1.165, 1.54) is 0 Å². The third-order valence-corrected chi connectivity index (χ3v) is 4.12. The normalized spacial score (nSPS) is 29.0. The standard InChI is InChI=1S/C13H24N2O3/c1-4-15(9(2)8-11(16)17)12(18)13(3)7-5-6-10(13)14/h9-10H,4-8,14H2,1-3H3,(H,16,17). The van der Waals surface area contributed by atoms with Crippen LogP contribution in [-0.4, -0.2) is 40.5 Å². The van der Waals surface area contributed by atoms with Crippen molar-refractivity contribution < 1.29 is 14.7 Å². The van der Waals surface area contributed by atoms with Crippen LogP contribution in [-0.2, 0) is 9.59 Å². The maximum atomic E-state index is 12.6. The van der Waals surface area contributed by atoms with Crippen molar-refractivity contribution in [3.05, 3.63) is 0 Å². The van der Waals surface area contributed by atoms with Crippen LogP contribution in [0.3, 0.4) is 0 Å². The molecule has 5 nitrogen and oxygen atoms in total. The van der Waals surface area contributed by atoms with Crippen molar-refractivity contribution in [3.8, 4) is 0 Å². The molecule has 3 atom stereocenters. The van der Waals surface area contributed by atoms with Crippen molar-refractivity contribution >= 4 is 11.9 Å². The van der Waals surface area contributed by atoms with Gasteiger partial charge in [0.15, 0.2) is 0 Å². The molecule has 104 valence electrons. The van der Waals surface area contributed by atoms with E-state index in [4.69, 9.17) is 10.8 Å². The molecule has 5 heteroatoms. The number of carbonyl (C=O) groups excluding carboxylic acids is 1. The first-order chi connectivity index (χ1) is 8.32. The molecular weight excluding hydrogens is 232 g/mol. The third-order valence-electron chi connectivity index (χ3n) is 4.12. The summed E-state index contributed by atoms with van der Waals surface area (Å²) in [6.45, 7) is 6.08. The summed E-state index contributed by atoms with van der Waals surface area (Å²) in [5.41, 5.74) is 5.52. The van der Waals surface area contributed by atoms with Crippen molar-refractivity contribution in [1.29, 1.82) is 0 Å². The molecule has 1 amide bonds. The number of nitrogens with zero attached hydrogens (tertiary/aromatic N) is 1. The second-order valence-electron chi connectivity index (χ2n) is 5.45. The molecule has 0 spiro atoms. The van der Waals surface area contributed by atoms with Crippen molar-refractivity contribution in [3.63, 3.8) is 0 Å². The zero-order valence-electron chi connectivity index (χ0n) is 11.5. The second-order valence-corrected chi connectivity index (χ2v) is 5.45. The number of hydrogen-bond acceptors (Lipinski definition) is 3. The molecule has 0 aromatic rings. The van der Waals surface area contributed by atoms with Crippen LogP contribution >= 0.6 is 0 Å². The zero-order chi connectivity index (χ0) is 13.9. The van der Waals surface area contributed by atoms with Gasteiger partial charge in [-0.25, -0.2) is 0 Å². The highest BCUT2D eigenvalue weighted by Crippen LogP contribution is 2.38. The highest BCUT2D eigenvalue weighted by Gasteiger charge is 2.45. The molecule has 0 heterocycles. The van der Waals surface area contributed by atoms with E-state index in [1.54, 1.807) is 11.8 Å². The summed E-state index contributed by atoms with van der Waals surface area (Å²) in [6, 6.07) is -0.402. The van der Waals surface area contributed by atoms with Gasteiger partial charge >= 0.3 is 5.97 Å². The lowest BCUT2D eigenvalue weighted by atomic mass is 9.83. The Morgan fingerprint density at radius 3 is 2.56 bits per heavy atom. The van der Waals surface area contributed by atoms with Gasteiger partial charge in [0.05, 0.1) is 11.8 Å². The average molecular weight is 256 g/mol. The van der Waals surface area contributed by atoms with E-state index >= 15 is 0 Å². The van der Waals surface area contributed by atoms with E-state index in [0.29, 0.717) is 6.54 Å². The number of hydrogen-bond donors (Lipinski definition) is 2. The van der Waals surface area contributed by atoms with Crippen molar-refractivity contribution in [2.24, 2.45) is 11.1 Å². The van der Waals surface area contributed by atoms with Gasteiger partial charge in [0.2, 0.25) is 5.91 Å². The van der Waals surface area contributed by atoms with Gasteiger partial charge in [0.25, 0.3) is 0 Å². The first-order valence-corrected chi connectivity index (χ1v) is 6.61. The summed E-state index contributed by atoms with van der Waals surface area (Å²) >= 11 is 0. The molecule has 1 aliphatic carbocycles. The third kappa shape index (κ3) is 2.83. The largest absolute Gasteiger partial charge is 0.481 e. The van der Waals surface area contributed by atoms with Crippen molar-refractivity contribution in [1.82, 2.24) is 4.90 Å². The first-order valence-electron chi connectivity index (χ1n) is 6.61. The minimum atomic E-state index is -0.880. The summed E-state index contributed by atoms with van der Waals surface area (Å²) in [4.78, 5) is 25.0. The summed E-state index contributed by atoms with van der Waals surface area (Å²) in [7, 11) is 0. The van der Waals surface area contributed by atoms with Gasteiger partial charge < -0.3 is 15.7 Å². The molecule has 0 radical (unpaired) electrons. The molecular formula is C13H24N2O3. The Kier molecular flexibility index (Phi) is 4.73. The zero-order valence-corrected chi connectivity index (χ0v) is 11.5. The first kappa shape index (κ1) is 15.0. The molecule has 18 heavy (non-hydrogen) atoms. The molecule has 1 rings (SSSR count). The van der Waals surface area contributed by atoms with Gasteiger partial charge in [-0.2, -0.15) is 0 Å². The van der Waals surface area contributed by atoms with Gasteiger partial charge in [-0.15, -0.1) is 0 Å². The van der Waals surface area contributed by atoms with E-state index in [-0.39, 0.29) is 24.4 Å². The molecule has 0 bridgehead atoms. The van der Waals surface area contributed by atoms with Crippen LogP contribution in [0.5, 0.6) is 0 Å². The van der Waals surface area contributed by atoms with Gasteiger partial charge in [-0.3, -0.25) is 9.59 Å². The predicted octanol–water partition coefficient (Wildman–Crippen LogP) is 1.22. The Morgan fingerprint density at radius 1 is 1.56 bits per heavy atom. The van der Waals surface area contributed by atoms with Gasteiger partial charge in [0.1, 0.15) is 0 Å². The number of carbonyl (C=O) groups is 2. The van der Waals surface area contributed by atoms with Gasteiger partial charge in [0, 0.05) is 18.6 Å². The number of carboxylic acid groups (broad SMARTS) is 1. The van der Waals surface area contributed by atoms with E-state index in [1.807, 2.05) is 13.8 Å². The van der Waals surface area contributed by atoms with E-state index in [0.717, 1.165) is 19.3 Å². The Hall–Kier alpha value is -1.10. The Balaban J connectivity index is 2.82. The van der Waals surface area contributed by atoms with Crippen LogP contribution in [0.1, 0.15) is 46.5 Å². The highest BCUT2D eigenvalue weighted by atomic mass is 16.4. The Morgan fingerprint density at radius 2 is 2.17 bits per heavy atom. The fraction of sp³-hybridized carbons (Fsp3) is 0.846. The monoisotopic (exact) mass is 256 g/mol. The fourth-order valence-electron chi connectivity index (χ4n) is 2.81. The van der Waals surface area contributed by atoms with E-state index in [9.17, 15) is 9.59 Å². The van der Waals surface area contributed by atoms with Crippen LogP contribution in [0.2, 0.25) is 0 Å². The molecule has 3 N–H and O–H groups in total. The Bertz CT molecular complexity index is 332. The number of carboxylic acids is 1. The smallest absolute Gasteiger partial charge is 0.305 e. The van der Waals surface area contributed by atoms with E-state index in [2.05, 4.69) is 0 Å². The Labute approximate surface area is 108 Å². The van der Waals surface area contributed by atoms with Crippen molar-refractivity contribution in [2.45, 2.75) is 58.5 Å². The van der Waals surface area contributed by atoms with Gasteiger partial charge in [-0.1, -0.05) is 6.42 Å². The molecule has 3 unspecified atom stereocenters. The van der Waals surface area contributed by atoms with Gasteiger partial charge in [-0.05, 0) is 33.6 Å².